The second-order valence-corrected chi connectivity index (χ2v) is 6.22. The van der Waals surface area contributed by atoms with Gasteiger partial charge in [-0.05, 0) is 19.4 Å². The van der Waals surface area contributed by atoms with Crippen LogP contribution in [0.15, 0.2) is 34.9 Å². The number of hydrogen-bond donors (Lipinski definition) is 1. The molecule has 0 aliphatic heterocycles. The number of nitrogens with one attached hydrogen (secondary N) is 1. The van der Waals surface area contributed by atoms with Crippen LogP contribution in [0.5, 0.6) is 0 Å². The molecule has 0 aliphatic rings. The summed E-state index contributed by atoms with van der Waals surface area (Å²) in [5.41, 5.74) is 2.52. The van der Waals surface area contributed by atoms with E-state index in [1.54, 1.807) is 12.1 Å². The molecule has 2 aromatic rings. The zero-order valence-corrected chi connectivity index (χ0v) is 14.7. The molecule has 0 bridgehead atoms. The van der Waals surface area contributed by atoms with Gasteiger partial charge in [0.25, 0.3) is 0 Å². The fourth-order valence-corrected chi connectivity index (χ4v) is 3.19. The van der Waals surface area contributed by atoms with E-state index in [1.807, 2.05) is 32.0 Å². The number of hydrogen-bond acceptors (Lipinski definition) is 6. The summed E-state index contributed by atoms with van der Waals surface area (Å²) < 4.78 is 9.88. The topological polar surface area (TPSA) is 81.4 Å². The average molecular weight is 348 g/mol. The van der Waals surface area contributed by atoms with Gasteiger partial charge in [-0.2, -0.15) is 0 Å². The minimum atomic E-state index is -0.802. The molecule has 128 valence electrons. The van der Waals surface area contributed by atoms with Crippen molar-refractivity contribution in [3.63, 3.8) is 0 Å². The van der Waals surface area contributed by atoms with Gasteiger partial charge in [-0.1, -0.05) is 35.5 Å². The highest BCUT2D eigenvalue weighted by Crippen LogP contribution is 2.20. The van der Waals surface area contributed by atoms with Crippen LogP contribution >= 0.6 is 11.8 Å². The molecule has 0 aliphatic carbocycles. The van der Waals surface area contributed by atoms with Crippen LogP contribution < -0.4 is 5.32 Å². The summed E-state index contributed by atoms with van der Waals surface area (Å²) in [4.78, 5) is 24.1. The van der Waals surface area contributed by atoms with Crippen LogP contribution in [0, 0.1) is 13.8 Å². The maximum atomic E-state index is 12.2. The second kappa shape index (κ2) is 8.54. The van der Waals surface area contributed by atoms with Crippen LogP contribution in [0.3, 0.4) is 0 Å². The van der Waals surface area contributed by atoms with E-state index in [9.17, 15) is 9.59 Å². The van der Waals surface area contributed by atoms with E-state index in [0.29, 0.717) is 11.3 Å². The minimum absolute atomic E-state index is 0.227. The van der Waals surface area contributed by atoms with E-state index in [4.69, 9.17) is 9.26 Å². The molecule has 24 heavy (non-hydrogen) atoms. The molecule has 7 heteroatoms. The molecule has 1 aromatic carbocycles. The van der Waals surface area contributed by atoms with E-state index in [2.05, 4.69) is 10.5 Å². The van der Waals surface area contributed by atoms with Gasteiger partial charge in [-0.25, -0.2) is 4.79 Å². The molecule has 1 aromatic heterocycles. The van der Waals surface area contributed by atoms with E-state index in [0.717, 1.165) is 17.0 Å². The van der Waals surface area contributed by atoms with Gasteiger partial charge in [0.2, 0.25) is 5.91 Å². The van der Waals surface area contributed by atoms with Crippen LogP contribution in [0.1, 0.15) is 28.6 Å². The fourth-order valence-electron chi connectivity index (χ4n) is 2.20. The van der Waals surface area contributed by atoms with Crippen molar-refractivity contribution in [2.24, 2.45) is 0 Å². The summed E-state index contributed by atoms with van der Waals surface area (Å²) in [5, 5.41) is 6.61. The molecule has 0 saturated carbocycles. The van der Waals surface area contributed by atoms with E-state index in [-0.39, 0.29) is 11.7 Å². The Morgan fingerprint density at radius 1 is 1.29 bits per heavy atom. The smallest absolute Gasteiger partial charge is 0.333 e. The van der Waals surface area contributed by atoms with Gasteiger partial charge >= 0.3 is 5.97 Å². The van der Waals surface area contributed by atoms with Crippen molar-refractivity contribution < 1.29 is 18.8 Å². The van der Waals surface area contributed by atoms with Crippen molar-refractivity contribution in [2.75, 3.05) is 12.9 Å². The number of carbonyl (C=O) groups is 2. The molecule has 0 spiro atoms. The average Bonchev–Trinajstić information content (AvgIpc) is 2.91. The predicted molar refractivity (Wildman–Crippen MR) is 91.5 cm³/mol. The van der Waals surface area contributed by atoms with Gasteiger partial charge in [0.05, 0.1) is 18.6 Å². The summed E-state index contributed by atoms with van der Waals surface area (Å²) in [7, 11) is 1.30. The number of ether oxygens (including phenoxy) is 1. The maximum Gasteiger partial charge on any atom is 0.333 e. The Bertz CT molecular complexity index is 680. The van der Waals surface area contributed by atoms with Gasteiger partial charge in [0, 0.05) is 11.3 Å². The number of methoxy groups -OCH3 is 1. The Labute approximate surface area is 144 Å². The Kier molecular flexibility index (Phi) is 6.43. The van der Waals surface area contributed by atoms with Crippen molar-refractivity contribution in [2.45, 2.75) is 25.6 Å². The normalized spacial score (nSPS) is 11.8. The van der Waals surface area contributed by atoms with Crippen molar-refractivity contribution >= 4 is 23.6 Å². The van der Waals surface area contributed by atoms with E-state index in [1.165, 1.54) is 18.9 Å². The largest absolute Gasteiger partial charge is 0.467 e. The van der Waals surface area contributed by atoms with Crippen LogP contribution in [-0.4, -0.2) is 29.9 Å². The van der Waals surface area contributed by atoms with Crippen LogP contribution in [0.2, 0.25) is 0 Å². The SMILES string of the molecule is COC(=O)C(NC(=O)CSCc1c(C)noc1C)c1ccccc1. The summed E-state index contributed by atoms with van der Waals surface area (Å²) in [6.45, 7) is 3.72. The number of carbonyl (C=O) groups excluding carboxylic acids is 2. The molecule has 2 rings (SSSR count). The zero-order valence-electron chi connectivity index (χ0n) is 13.9. The molecule has 1 atom stereocenters. The number of rotatable bonds is 7. The molecule has 0 saturated heterocycles. The highest BCUT2D eigenvalue weighted by atomic mass is 32.2. The Morgan fingerprint density at radius 3 is 2.58 bits per heavy atom. The predicted octanol–water partition coefficient (Wildman–Crippen LogP) is 2.56. The molecule has 1 amide bonds. The molecule has 0 fully saturated rings. The van der Waals surface area contributed by atoms with Crippen LogP contribution in [-0.2, 0) is 20.1 Å². The molecular weight excluding hydrogens is 328 g/mol. The molecular formula is C17H20N2O4S. The number of esters is 1. The molecule has 0 radical (unpaired) electrons. The summed E-state index contributed by atoms with van der Waals surface area (Å²) in [6.07, 6.45) is 0. The third kappa shape index (κ3) is 4.61. The lowest BCUT2D eigenvalue weighted by Crippen LogP contribution is -2.35. The Balaban J connectivity index is 1.92. The number of aromatic nitrogens is 1. The standard InChI is InChI=1S/C17H20N2O4S/c1-11-14(12(2)23-19-11)9-24-10-15(20)18-16(17(21)22-3)13-7-5-4-6-8-13/h4-8,16H,9-10H2,1-3H3,(H,18,20). The Hall–Kier alpha value is -2.28. The van der Waals surface area contributed by atoms with Gasteiger partial charge in [-0.15, -0.1) is 11.8 Å². The van der Waals surface area contributed by atoms with Gasteiger partial charge in [0.1, 0.15) is 5.76 Å². The first-order chi connectivity index (χ1) is 11.5. The zero-order chi connectivity index (χ0) is 17.5. The lowest BCUT2D eigenvalue weighted by Gasteiger charge is -2.16. The lowest BCUT2D eigenvalue weighted by molar-refractivity contribution is -0.145. The van der Waals surface area contributed by atoms with Crippen molar-refractivity contribution in [3.8, 4) is 0 Å². The highest BCUT2D eigenvalue weighted by Gasteiger charge is 2.23. The number of nitrogens with zero attached hydrogens (tertiary/aromatic N) is 1. The molecule has 1 N–H and O–H groups in total. The van der Waals surface area contributed by atoms with Crippen LogP contribution in [0.4, 0.5) is 0 Å². The van der Waals surface area contributed by atoms with Gasteiger partial charge < -0.3 is 14.6 Å². The second-order valence-electron chi connectivity index (χ2n) is 5.23. The van der Waals surface area contributed by atoms with Crippen molar-refractivity contribution in [3.05, 3.63) is 52.9 Å². The van der Waals surface area contributed by atoms with Crippen molar-refractivity contribution in [1.82, 2.24) is 10.5 Å². The highest BCUT2D eigenvalue weighted by molar-refractivity contribution is 7.99. The fraction of sp³-hybridized carbons (Fsp3) is 0.353. The summed E-state index contributed by atoms with van der Waals surface area (Å²) in [6, 6.07) is 8.22. The van der Waals surface area contributed by atoms with Crippen molar-refractivity contribution in [1.29, 1.82) is 0 Å². The third-order valence-corrected chi connectivity index (χ3v) is 4.50. The molecule has 1 unspecified atom stereocenters. The maximum absolute atomic E-state index is 12.2. The molecule has 1 heterocycles. The number of aryl methyl sites for hydroxylation is 2. The summed E-state index contributed by atoms with van der Waals surface area (Å²) in [5.74, 6) is 0.890. The minimum Gasteiger partial charge on any atom is -0.467 e. The number of thioether (sulfide) groups is 1. The lowest BCUT2D eigenvalue weighted by atomic mass is 10.1. The van der Waals surface area contributed by atoms with Crippen LogP contribution in [0.25, 0.3) is 0 Å². The van der Waals surface area contributed by atoms with E-state index < -0.39 is 12.0 Å². The number of amides is 1. The summed E-state index contributed by atoms with van der Waals surface area (Å²) >= 11 is 1.44. The monoisotopic (exact) mass is 348 g/mol. The third-order valence-electron chi connectivity index (χ3n) is 3.54. The first kappa shape index (κ1) is 18.1. The molecule has 6 nitrogen and oxygen atoms in total. The number of benzene rings is 1. The van der Waals surface area contributed by atoms with E-state index >= 15 is 0 Å². The van der Waals surface area contributed by atoms with Gasteiger partial charge in [0.15, 0.2) is 6.04 Å². The quantitative estimate of drug-likeness (QED) is 0.775. The first-order valence-electron chi connectivity index (χ1n) is 7.44. The Morgan fingerprint density at radius 2 is 2.00 bits per heavy atom. The first-order valence-corrected chi connectivity index (χ1v) is 8.60. The van der Waals surface area contributed by atoms with Gasteiger partial charge in [-0.3, -0.25) is 4.79 Å².